The van der Waals surface area contributed by atoms with Crippen molar-refractivity contribution >= 4 is 11.6 Å². The van der Waals surface area contributed by atoms with Crippen LogP contribution in [0.2, 0.25) is 0 Å². The van der Waals surface area contributed by atoms with Gasteiger partial charge in [0.2, 0.25) is 0 Å². The van der Waals surface area contributed by atoms with Crippen LogP contribution >= 0.6 is 11.6 Å². The number of halogens is 5. The Hall–Kier alpha value is -2.33. The third-order valence-corrected chi connectivity index (χ3v) is 8.62. The zero-order valence-electron chi connectivity index (χ0n) is 20.9. The quantitative estimate of drug-likeness (QED) is 0.159. The van der Waals surface area contributed by atoms with E-state index < -0.39 is 45.2 Å². The van der Waals surface area contributed by atoms with E-state index in [0.717, 1.165) is 49.7 Å². The van der Waals surface area contributed by atoms with Crippen molar-refractivity contribution in [3.8, 4) is 22.3 Å². The van der Waals surface area contributed by atoms with Crippen molar-refractivity contribution < 1.29 is 17.6 Å². The van der Waals surface area contributed by atoms with Crippen LogP contribution in [0.1, 0.15) is 76.7 Å². The molecule has 3 unspecified atom stereocenters. The predicted molar refractivity (Wildman–Crippen MR) is 140 cm³/mol. The lowest BCUT2D eigenvalue weighted by Crippen LogP contribution is -2.42. The Morgan fingerprint density at radius 3 is 1.97 bits per heavy atom. The molecule has 0 amide bonds. The van der Waals surface area contributed by atoms with E-state index in [1.165, 1.54) is 12.1 Å². The fourth-order valence-corrected chi connectivity index (χ4v) is 6.59. The molecule has 0 spiro atoms. The number of hydrogen-bond donors (Lipinski definition) is 0. The molecule has 4 rings (SSSR count). The highest BCUT2D eigenvalue weighted by molar-refractivity contribution is 6.24. The van der Waals surface area contributed by atoms with E-state index in [1.54, 1.807) is 19.1 Å². The van der Waals surface area contributed by atoms with Gasteiger partial charge in [-0.3, -0.25) is 0 Å². The van der Waals surface area contributed by atoms with Crippen LogP contribution < -0.4 is 0 Å². The molecular weight excluding hydrogens is 484 g/mol. The summed E-state index contributed by atoms with van der Waals surface area (Å²) in [6.45, 7) is 3.87. The van der Waals surface area contributed by atoms with E-state index in [4.69, 9.17) is 11.6 Å². The number of unbranched alkanes of at least 4 members (excludes halogenated alkanes) is 1. The molecule has 1 aliphatic carbocycles. The average Bonchev–Trinajstić information content (AvgIpc) is 2.90. The number of rotatable bonds is 8. The van der Waals surface area contributed by atoms with Crippen molar-refractivity contribution in [2.45, 2.75) is 76.0 Å². The molecule has 36 heavy (non-hydrogen) atoms. The SMILES string of the molecule is CCCCC1CCCCC1(Cl)C(CC)c1c(F)c(F)c(-c2ccc(-c3ccccc3)cc2)c(F)c1F. The average molecular weight is 517 g/mol. The van der Waals surface area contributed by atoms with Crippen LogP contribution in [0.15, 0.2) is 54.6 Å². The summed E-state index contributed by atoms with van der Waals surface area (Å²) in [4.78, 5) is -0.929. The molecule has 1 fully saturated rings. The highest BCUT2D eigenvalue weighted by Crippen LogP contribution is 2.53. The van der Waals surface area contributed by atoms with Crippen LogP contribution in [0, 0.1) is 29.2 Å². The summed E-state index contributed by atoms with van der Waals surface area (Å²) in [6.07, 6.45) is 6.37. The van der Waals surface area contributed by atoms with Gasteiger partial charge >= 0.3 is 0 Å². The zero-order chi connectivity index (χ0) is 25.9. The van der Waals surface area contributed by atoms with Gasteiger partial charge in [-0.05, 0) is 48.3 Å². The minimum Gasteiger partial charge on any atom is -0.203 e. The second kappa shape index (κ2) is 11.4. The van der Waals surface area contributed by atoms with Crippen molar-refractivity contribution in [1.29, 1.82) is 0 Å². The van der Waals surface area contributed by atoms with Crippen molar-refractivity contribution in [3.05, 3.63) is 83.4 Å². The largest absolute Gasteiger partial charge is 0.203 e. The highest BCUT2D eigenvalue weighted by Gasteiger charge is 2.47. The van der Waals surface area contributed by atoms with Crippen LogP contribution in [0.3, 0.4) is 0 Å². The van der Waals surface area contributed by atoms with Crippen LogP contribution in [0.4, 0.5) is 17.6 Å². The molecule has 0 heterocycles. The Kier molecular flexibility index (Phi) is 8.44. The molecule has 5 heteroatoms. The lowest BCUT2D eigenvalue weighted by Gasteiger charge is -2.45. The molecular formula is C31H33ClF4. The minimum absolute atomic E-state index is 0.0490. The second-order valence-corrected chi connectivity index (χ2v) is 10.7. The third kappa shape index (κ3) is 4.94. The molecule has 0 N–H and O–H groups in total. The summed E-state index contributed by atoms with van der Waals surface area (Å²) >= 11 is 7.18. The summed E-state index contributed by atoms with van der Waals surface area (Å²) in [6, 6.07) is 15.9. The summed E-state index contributed by atoms with van der Waals surface area (Å²) < 4.78 is 62.2. The molecule has 3 aromatic carbocycles. The predicted octanol–water partition coefficient (Wildman–Crippen LogP) is 10.4. The molecule has 0 radical (unpaired) electrons. The standard InChI is InChI=1S/C31H33ClF4/c1-3-5-13-23-14-9-10-19-31(23,32)24(4-2)26-29(35)27(33)25(28(34)30(26)36)22-17-15-21(16-18-22)20-11-7-6-8-12-20/h6-8,11-12,15-18,23-24H,3-5,9-10,13-14,19H2,1-2H3. The van der Waals surface area contributed by atoms with Gasteiger partial charge in [-0.25, -0.2) is 17.6 Å². The van der Waals surface area contributed by atoms with E-state index in [1.807, 2.05) is 30.3 Å². The third-order valence-electron chi connectivity index (χ3n) is 7.86. The first kappa shape index (κ1) is 26.7. The Labute approximate surface area is 216 Å². The maximum atomic E-state index is 15.6. The second-order valence-electron chi connectivity index (χ2n) is 9.96. The van der Waals surface area contributed by atoms with E-state index in [-0.39, 0.29) is 11.5 Å². The maximum absolute atomic E-state index is 15.6. The van der Waals surface area contributed by atoms with Gasteiger partial charge in [0.15, 0.2) is 23.3 Å². The van der Waals surface area contributed by atoms with Crippen LogP contribution in [0.25, 0.3) is 22.3 Å². The molecule has 192 valence electrons. The van der Waals surface area contributed by atoms with Gasteiger partial charge in [-0.1, -0.05) is 94.1 Å². The molecule has 0 aliphatic heterocycles. The Morgan fingerprint density at radius 2 is 1.39 bits per heavy atom. The first-order valence-corrected chi connectivity index (χ1v) is 13.4. The van der Waals surface area contributed by atoms with E-state index in [9.17, 15) is 0 Å². The molecule has 1 aliphatic rings. The number of alkyl halides is 1. The van der Waals surface area contributed by atoms with Gasteiger partial charge in [-0.2, -0.15) is 0 Å². The molecule has 0 aromatic heterocycles. The lowest BCUT2D eigenvalue weighted by atomic mass is 9.66. The normalized spacial score (nSPS) is 20.9. The Bertz CT molecular complexity index is 1150. The summed E-state index contributed by atoms with van der Waals surface area (Å²) in [7, 11) is 0. The smallest absolute Gasteiger partial charge is 0.170 e. The van der Waals surface area contributed by atoms with Gasteiger partial charge in [0.05, 0.1) is 10.4 Å². The van der Waals surface area contributed by atoms with E-state index >= 15 is 17.6 Å². The first-order chi connectivity index (χ1) is 17.3. The molecule has 1 saturated carbocycles. The van der Waals surface area contributed by atoms with Gasteiger partial charge in [0, 0.05) is 11.5 Å². The molecule has 3 aromatic rings. The Morgan fingerprint density at radius 1 is 0.806 bits per heavy atom. The molecule has 3 atom stereocenters. The molecule has 0 bridgehead atoms. The highest BCUT2D eigenvalue weighted by atomic mass is 35.5. The van der Waals surface area contributed by atoms with Crippen molar-refractivity contribution in [3.63, 3.8) is 0 Å². The van der Waals surface area contributed by atoms with Gasteiger partial charge in [-0.15, -0.1) is 11.6 Å². The van der Waals surface area contributed by atoms with Crippen molar-refractivity contribution in [2.24, 2.45) is 5.92 Å². The van der Waals surface area contributed by atoms with Crippen LogP contribution in [-0.2, 0) is 0 Å². The minimum atomic E-state index is -1.36. The monoisotopic (exact) mass is 516 g/mol. The summed E-state index contributed by atoms with van der Waals surface area (Å²) in [5.41, 5.74) is 0.624. The summed E-state index contributed by atoms with van der Waals surface area (Å²) in [5.74, 6) is -6.16. The summed E-state index contributed by atoms with van der Waals surface area (Å²) in [5, 5.41) is 0. The van der Waals surface area contributed by atoms with Crippen molar-refractivity contribution in [1.82, 2.24) is 0 Å². The van der Waals surface area contributed by atoms with Crippen molar-refractivity contribution in [2.75, 3.05) is 0 Å². The van der Waals surface area contributed by atoms with E-state index in [2.05, 4.69) is 6.92 Å². The van der Waals surface area contributed by atoms with Crippen LogP contribution in [-0.4, -0.2) is 4.87 Å². The first-order valence-electron chi connectivity index (χ1n) is 13.0. The van der Waals surface area contributed by atoms with Gasteiger partial charge < -0.3 is 0 Å². The fourth-order valence-electron chi connectivity index (χ4n) is 5.98. The maximum Gasteiger partial charge on any atom is 0.170 e. The Balaban J connectivity index is 1.76. The van der Waals surface area contributed by atoms with Gasteiger partial charge in [0.1, 0.15) is 0 Å². The topological polar surface area (TPSA) is 0 Å². The van der Waals surface area contributed by atoms with E-state index in [0.29, 0.717) is 12.8 Å². The zero-order valence-corrected chi connectivity index (χ0v) is 21.7. The van der Waals surface area contributed by atoms with Crippen LogP contribution in [0.5, 0.6) is 0 Å². The molecule has 0 nitrogen and oxygen atoms in total. The molecule has 0 saturated heterocycles. The fraction of sp³-hybridized carbons (Fsp3) is 0.419. The van der Waals surface area contributed by atoms with Gasteiger partial charge in [0.25, 0.3) is 0 Å². The lowest BCUT2D eigenvalue weighted by molar-refractivity contribution is 0.204. The number of benzene rings is 3. The number of hydrogen-bond acceptors (Lipinski definition) is 0.